The number of likely N-dealkylation sites (tertiary alicyclic amines) is 1. The van der Waals surface area contributed by atoms with Crippen LogP contribution < -0.4 is 9.47 Å². The number of benzene rings is 2. The third-order valence-electron chi connectivity index (χ3n) is 5.08. The van der Waals surface area contributed by atoms with Crippen molar-refractivity contribution in [2.45, 2.75) is 6.04 Å². The predicted molar refractivity (Wildman–Crippen MR) is 105 cm³/mol. The number of Topliss-reactive ketones (excluding diaryl/α,β-unsaturated/α-hetero) is 1. The molecule has 0 spiro atoms. The first-order chi connectivity index (χ1) is 14.5. The molecule has 1 fully saturated rings. The van der Waals surface area contributed by atoms with Crippen LogP contribution in [0.4, 0.5) is 4.39 Å². The summed E-state index contributed by atoms with van der Waals surface area (Å²) in [5, 5.41) is 11.0. The van der Waals surface area contributed by atoms with Gasteiger partial charge in [0.15, 0.2) is 11.5 Å². The average molecular weight is 413 g/mol. The zero-order chi connectivity index (χ0) is 21.3. The van der Waals surface area contributed by atoms with Gasteiger partial charge in [0.05, 0.1) is 18.2 Å². The lowest BCUT2D eigenvalue weighted by Crippen LogP contribution is -2.32. The molecule has 0 radical (unpaired) electrons. The van der Waals surface area contributed by atoms with Gasteiger partial charge in [-0.25, -0.2) is 4.39 Å². The molecule has 0 saturated carbocycles. The van der Waals surface area contributed by atoms with Gasteiger partial charge in [0.25, 0.3) is 11.7 Å². The third-order valence-corrected chi connectivity index (χ3v) is 5.08. The fraction of sp³-hybridized carbons (Fsp3) is 0.273. The maximum Gasteiger partial charge on any atom is 0.295 e. The molecule has 0 aromatic heterocycles. The van der Waals surface area contributed by atoms with E-state index in [0.717, 1.165) is 0 Å². The standard InChI is InChI=1S/C22H20FNO6/c1-28-9-8-24-19(13-2-5-15(23)6-3-13)18(21(26)22(24)27)20(25)14-4-7-16-17(12-14)30-11-10-29-16/h2-7,12,19,25H,8-11H2,1H3. The first kappa shape index (κ1) is 19.9. The Bertz CT molecular complexity index is 1020. The van der Waals surface area contributed by atoms with Crippen molar-refractivity contribution in [3.8, 4) is 11.5 Å². The van der Waals surface area contributed by atoms with E-state index in [4.69, 9.17) is 14.2 Å². The van der Waals surface area contributed by atoms with Gasteiger partial charge in [0.1, 0.15) is 24.8 Å². The summed E-state index contributed by atoms with van der Waals surface area (Å²) < 4.78 is 29.5. The molecule has 4 rings (SSSR count). The van der Waals surface area contributed by atoms with Crippen molar-refractivity contribution in [1.82, 2.24) is 4.90 Å². The molecule has 30 heavy (non-hydrogen) atoms. The Labute approximate surface area is 172 Å². The molecule has 2 heterocycles. The van der Waals surface area contributed by atoms with Crippen molar-refractivity contribution in [3.05, 3.63) is 65.0 Å². The van der Waals surface area contributed by atoms with E-state index in [1.54, 1.807) is 18.2 Å². The summed E-state index contributed by atoms with van der Waals surface area (Å²) in [4.78, 5) is 26.9. The van der Waals surface area contributed by atoms with Crippen molar-refractivity contribution in [2.75, 3.05) is 33.5 Å². The van der Waals surface area contributed by atoms with Crippen LogP contribution in [0, 0.1) is 5.82 Å². The Morgan fingerprint density at radius 3 is 2.53 bits per heavy atom. The molecule has 0 bridgehead atoms. The minimum atomic E-state index is -0.867. The minimum Gasteiger partial charge on any atom is -0.507 e. The average Bonchev–Trinajstić information content (AvgIpc) is 3.02. The molecule has 1 atom stereocenters. The smallest absolute Gasteiger partial charge is 0.295 e. The molecular formula is C22H20FNO6. The lowest BCUT2D eigenvalue weighted by Gasteiger charge is -2.25. The number of rotatable bonds is 5. The minimum absolute atomic E-state index is 0.0700. The number of aliphatic hydroxyl groups excluding tert-OH is 1. The fourth-order valence-corrected chi connectivity index (χ4v) is 3.64. The number of halogens is 1. The number of nitrogens with zero attached hydrogens (tertiary/aromatic N) is 1. The van der Waals surface area contributed by atoms with E-state index in [-0.39, 0.29) is 24.5 Å². The number of carbonyl (C=O) groups excluding carboxylic acids is 2. The van der Waals surface area contributed by atoms with Gasteiger partial charge < -0.3 is 24.2 Å². The molecule has 1 amide bonds. The Kier molecular flexibility index (Phi) is 5.41. The van der Waals surface area contributed by atoms with Gasteiger partial charge in [-0.2, -0.15) is 0 Å². The van der Waals surface area contributed by atoms with E-state index in [1.807, 2.05) is 0 Å². The van der Waals surface area contributed by atoms with E-state index in [0.29, 0.717) is 35.8 Å². The molecule has 1 N–H and O–H groups in total. The van der Waals surface area contributed by atoms with Crippen LogP contribution in [0.15, 0.2) is 48.0 Å². The number of hydrogen-bond donors (Lipinski definition) is 1. The van der Waals surface area contributed by atoms with Crippen LogP contribution in [0.5, 0.6) is 11.5 Å². The van der Waals surface area contributed by atoms with E-state index in [2.05, 4.69) is 0 Å². The second-order valence-corrected chi connectivity index (χ2v) is 6.90. The molecule has 2 aliphatic heterocycles. The molecule has 8 heteroatoms. The number of amides is 1. The zero-order valence-electron chi connectivity index (χ0n) is 16.3. The molecule has 1 unspecified atom stereocenters. The topological polar surface area (TPSA) is 85.3 Å². The molecule has 7 nitrogen and oxygen atoms in total. The molecule has 0 aliphatic carbocycles. The van der Waals surface area contributed by atoms with Crippen LogP contribution >= 0.6 is 0 Å². The number of fused-ring (bicyclic) bond motifs is 1. The van der Waals surface area contributed by atoms with Crippen molar-refractivity contribution in [2.24, 2.45) is 0 Å². The number of carbonyl (C=O) groups is 2. The molecule has 2 aromatic rings. The highest BCUT2D eigenvalue weighted by Gasteiger charge is 2.45. The quantitative estimate of drug-likeness (QED) is 0.461. The molecule has 1 saturated heterocycles. The second kappa shape index (κ2) is 8.16. The maximum absolute atomic E-state index is 13.5. The maximum atomic E-state index is 13.5. The van der Waals surface area contributed by atoms with Gasteiger partial charge in [-0.1, -0.05) is 12.1 Å². The summed E-state index contributed by atoms with van der Waals surface area (Å²) in [5.41, 5.74) is 0.751. The number of methoxy groups -OCH3 is 1. The fourth-order valence-electron chi connectivity index (χ4n) is 3.64. The van der Waals surface area contributed by atoms with Crippen LogP contribution in [-0.2, 0) is 14.3 Å². The molecule has 2 aliphatic rings. The highest BCUT2D eigenvalue weighted by molar-refractivity contribution is 6.46. The van der Waals surface area contributed by atoms with E-state index < -0.39 is 23.5 Å². The number of ether oxygens (including phenoxy) is 3. The Balaban J connectivity index is 1.82. The summed E-state index contributed by atoms with van der Waals surface area (Å²) in [6.45, 7) is 1.14. The van der Waals surface area contributed by atoms with Crippen molar-refractivity contribution < 1.29 is 33.3 Å². The summed E-state index contributed by atoms with van der Waals surface area (Å²) in [5.74, 6) is -1.36. The van der Waals surface area contributed by atoms with Crippen LogP contribution in [0.25, 0.3) is 5.76 Å². The molecule has 2 aromatic carbocycles. The van der Waals surface area contributed by atoms with E-state index >= 15 is 0 Å². The second-order valence-electron chi connectivity index (χ2n) is 6.90. The molecular weight excluding hydrogens is 393 g/mol. The van der Waals surface area contributed by atoms with Crippen LogP contribution in [0.2, 0.25) is 0 Å². The van der Waals surface area contributed by atoms with E-state index in [1.165, 1.54) is 36.3 Å². The Hall–Kier alpha value is -3.39. The summed E-state index contributed by atoms with van der Waals surface area (Å²) >= 11 is 0. The lowest BCUT2D eigenvalue weighted by atomic mass is 9.95. The Morgan fingerprint density at radius 1 is 1.13 bits per heavy atom. The Morgan fingerprint density at radius 2 is 1.83 bits per heavy atom. The van der Waals surface area contributed by atoms with Crippen molar-refractivity contribution >= 4 is 17.4 Å². The summed E-state index contributed by atoms with van der Waals surface area (Å²) in [6.07, 6.45) is 0. The van der Waals surface area contributed by atoms with E-state index in [9.17, 15) is 19.1 Å². The van der Waals surface area contributed by atoms with Crippen LogP contribution in [0.1, 0.15) is 17.2 Å². The van der Waals surface area contributed by atoms with Gasteiger partial charge in [0, 0.05) is 19.2 Å². The lowest BCUT2D eigenvalue weighted by molar-refractivity contribution is -0.140. The van der Waals surface area contributed by atoms with Gasteiger partial charge in [-0.3, -0.25) is 9.59 Å². The van der Waals surface area contributed by atoms with Crippen LogP contribution in [0.3, 0.4) is 0 Å². The van der Waals surface area contributed by atoms with Gasteiger partial charge in [0.2, 0.25) is 0 Å². The van der Waals surface area contributed by atoms with Crippen LogP contribution in [-0.4, -0.2) is 55.2 Å². The van der Waals surface area contributed by atoms with Crippen molar-refractivity contribution in [1.29, 1.82) is 0 Å². The highest BCUT2D eigenvalue weighted by atomic mass is 19.1. The van der Waals surface area contributed by atoms with Gasteiger partial charge in [-0.05, 0) is 35.9 Å². The third kappa shape index (κ3) is 3.50. The van der Waals surface area contributed by atoms with Crippen molar-refractivity contribution in [3.63, 3.8) is 0 Å². The molecule has 156 valence electrons. The largest absolute Gasteiger partial charge is 0.507 e. The SMILES string of the molecule is COCCN1C(=O)C(=O)C(=C(O)c2ccc3c(c2)OCCO3)C1c1ccc(F)cc1. The first-order valence-corrected chi connectivity index (χ1v) is 9.44. The predicted octanol–water partition coefficient (Wildman–Crippen LogP) is 2.67. The zero-order valence-corrected chi connectivity index (χ0v) is 16.3. The number of aliphatic hydroxyl groups is 1. The summed E-state index contributed by atoms with van der Waals surface area (Å²) in [7, 11) is 1.48. The first-order valence-electron chi connectivity index (χ1n) is 9.44. The number of hydrogen-bond acceptors (Lipinski definition) is 6. The van der Waals surface area contributed by atoms with Gasteiger partial charge in [-0.15, -0.1) is 0 Å². The highest BCUT2D eigenvalue weighted by Crippen LogP contribution is 2.40. The summed E-state index contributed by atoms with van der Waals surface area (Å²) in [6, 6.07) is 9.39. The monoisotopic (exact) mass is 413 g/mol. The normalized spacial score (nSPS) is 19.9. The van der Waals surface area contributed by atoms with Gasteiger partial charge >= 0.3 is 0 Å². The number of ketones is 1.